The summed E-state index contributed by atoms with van der Waals surface area (Å²) in [4.78, 5) is 23.3. The lowest BCUT2D eigenvalue weighted by molar-refractivity contribution is -0.131. The van der Waals surface area contributed by atoms with Gasteiger partial charge < -0.3 is 14.6 Å². The van der Waals surface area contributed by atoms with Gasteiger partial charge in [-0.3, -0.25) is 9.59 Å². The van der Waals surface area contributed by atoms with E-state index in [0.717, 1.165) is 11.1 Å². The maximum Gasteiger partial charge on any atom is 0.308 e. The van der Waals surface area contributed by atoms with Crippen LogP contribution in [-0.4, -0.2) is 16.9 Å². The Kier molecular flexibility index (Phi) is 3.95. The number of aliphatic hydroxyl groups excluding tert-OH is 1. The first-order chi connectivity index (χ1) is 11.1. The molecule has 0 aliphatic carbocycles. The van der Waals surface area contributed by atoms with Gasteiger partial charge in [-0.1, -0.05) is 24.3 Å². The van der Waals surface area contributed by atoms with E-state index < -0.39 is 5.97 Å². The number of allylic oxidation sites excluding steroid dienone is 1. The fourth-order valence-corrected chi connectivity index (χ4v) is 2.27. The van der Waals surface area contributed by atoms with Gasteiger partial charge in [0.15, 0.2) is 5.76 Å². The predicted molar refractivity (Wildman–Crippen MR) is 83.1 cm³/mol. The molecule has 3 rings (SSSR count). The minimum Gasteiger partial charge on any atom is -0.452 e. The number of esters is 1. The lowest BCUT2D eigenvalue weighted by atomic mass is 10.1. The first kappa shape index (κ1) is 15.0. The molecular weight excluding hydrogens is 296 g/mol. The molecule has 23 heavy (non-hydrogen) atoms. The Bertz CT molecular complexity index is 803. The van der Waals surface area contributed by atoms with Crippen molar-refractivity contribution in [1.82, 2.24) is 0 Å². The van der Waals surface area contributed by atoms with Gasteiger partial charge in [0, 0.05) is 13.0 Å². The van der Waals surface area contributed by atoms with E-state index in [-0.39, 0.29) is 18.1 Å². The van der Waals surface area contributed by atoms with Crippen molar-refractivity contribution < 1.29 is 24.2 Å². The van der Waals surface area contributed by atoms with Gasteiger partial charge in [-0.2, -0.15) is 0 Å². The average Bonchev–Trinajstić information content (AvgIpc) is 2.83. The van der Waals surface area contributed by atoms with Crippen molar-refractivity contribution in [2.75, 3.05) is 0 Å². The topological polar surface area (TPSA) is 72.8 Å². The number of fused-ring (bicyclic) bond motifs is 1. The van der Waals surface area contributed by atoms with Crippen LogP contribution in [0.25, 0.3) is 6.08 Å². The van der Waals surface area contributed by atoms with Crippen LogP contribution in [0, 0.1) is 0 Å². The zero-order chi connectivity index (χ0) is 16.4. The Morgan fingerprint density at radius 2 is 1.96 bits per heavy atom. The minimum absolute atomic E-state index is 0.0311. The molecule has 0 bridgehead atoms. The van der Waals surface area contributed by atoms with E-state index >= 15 is 0 Å². The maximum atomic E-state index is 12.3. The van der Waals surface area contributed by atoms with Crippen LogP contribution in [-0.2, 0) is 11.4 Å². The molecule has 1 heterocycles. The van der Waals surface area contributed by atoms with Crippen LogP contribution < -0.4 is 9.47 Å². The van der Waals surface area contributed by atoms with E-state index in [1.54, 1.807) is 42.5 Å². The molecule has 0 atom stereocenters. The number of rotatable bonds is 3. The number of ketones is 1. The third-order valence-electron chi connectivity index (χ3n) is 3.36. The molecule has 116 valence electrons. The Balaban J connectivity index is 1.87. The number of carbonyl (C=O) groups excluding carboxylic acids is 2. The molecule has 0 saturated carbocycles. The lowest BCUT2D eigenvalue weighted by Crippen LogP contribution is -2.01. The smallest absolute Gasteiger partial charge is 0.308 e. The molecule has 1 aliphatic rings. The predicted octanol–water partition coefficient (Wildman–Crippen LogP) is 2.72. The van der Waals surface area contributed by atoms with Crippen LogP contribution in [0.2, 0.25) is 0 Å². The SMILES string of the molecule is CC(=O)Oc1ccc2c(c1)O/C(=C\c1ccc(CO)cc1)C2=O. The largest absolute Gasteiger partial charge is 0.452 e. The first-order valence-electron chi connectivity index (χ1n) is 7.03. The van der Waals surface area contributed by atoms with Crippen LogP contribution >= 0.6 is 0 Å². The van der Waals surface area contributed by atoms with Crippen LogP contribution in [0.3, 0.4) is 0 Å². The van der Waals surface area contributed by atoms with Crippen molar-refractivity contribution >= 4 is 17.8 Å². The van der Waals surface area contributed by atoms with E-state index in [1.165, 1.54) is 13.0 Å². The van der Waals surface area contributed by atoms with Crippen molar-refractivity contribution in [3.8, 4) is 11.5 Å². The number of hydrogen-bond acceptors (Lipinski definition) is 5. The van der Waals surface area contributed by atoms with E-state index in [0.29, 0.717) is 17.1 Å². The lowest BCUT2D eigenvalue weighted by Gasteiger charge is -2.02. The fourth-order valence-electron chi connectivity index (χ4n) is 2.27. The number of hydrogen-bond donors (Lipinski definition) is 1. The monoisotopic (exact) mass is 310 g/mol. The molecule has 0 unspecified atom stereocenters. The quantitative estimate of drug-likeness (QED) is 0.536. The summed E-state index contributed by atoms with van der Waals surface area (Å²) in [6, 6.07) is 11.8. The summed E-state index contributed by atoms with van der Waals surface area (Å²) in [5.41, 5.74) is 2.01. The second kappa shape index (κ2) is 6.06. The van der Waals surface area contributed by atoms with Crippen molar-refractivity contribution in [2.45, 2.75) is 13.5 Å². The van der Waals surface area contributed by atoms with Crippen LogP contribution in [0.1, 0.15) is 28.4 Å². The van der Waals surface area contributed by atoms with Crippen LogP contribution in [0.5, 0.6) is 11.5 Å². The van der Waals surface area contributed by atoms with Crippen LogP contribution in [0.4, 0.5) is 0 Å². The van der Waals surface area contributed by atoms with Crippen LogP contribution in [0.15, 0.2) is 48.2 Å². The molecule has 0 aromatic heterocycles. The molecule has 2 aromatic carbocycles. The molecule has 1 N–H and O–H groups in total. The summed E-state index contributed by atoms with van der Waals surface area (Å²) in [5, 5.41) is 9.03. The highest BCUT2D eigenvalue weighted by molar-refractivity contribution is 6.14. The minimum atomic E-state index is -0.436. The van der Waals surface area contributed by atoms with Gasteiger partial charge in [0.2, 0.25) is 5.78 Å². The molecule has 0 radical (unpaired) electrons. The third kappa shape index (κ3) is 3.14. The van der Waals surface area contributed by atoms with Crippen molar-refractivity contribution in [3.63, 3.8) is 0 Å². The molecule has 0 fully saturated rings. The van der Waals surface area contributed by atoms with Gasteiger partial charge in [-0.25, -0.2) is 0 Å². The van der Waals surface area contributed by atoms with E-state index in [4.69, 9.17) is 14.6 Å². The van der Waals surface area contributed by atoms with Gasteiger partial charge >= 0.3 is 5.97 Å². The Morgan fingerprint density at radius 3 is 2.61 bits per heavy atom. The van der Waals surface area contributed by atoms with Gasteiger partial charge in [0.25, 0.3) is 0 Å². The zero-order valence-corrected chi connectivity index (χ0v) is 12.4. The summed E-state index contributed by atoms with van der Waals surface area (Å²) in [5.74, 6) is 0.246. The second-order valence-corrected chi connectivity index (χ2v) is 5.09. The fraction of sp³-hybridized carbons (Fsp3) is 0.111. The highest BCUT2D eigenvalue weighted by Crippen LogP contribution is 2.34. The normalized spacial score (nSPS) is 14.5. The number of carbonyl (C=O) groups is 2. The van der Waals surface area contributed by atoms with Crippen molar-refractivity contribution in [3.05, 3.63) is 64.9 Å². The highest BCUT2D eigenvalue weighted by atomic mass is 16.5. The van der Waals surface area contributed by atoms with Crippen molar-refractivity contribution in [1.29, 1.82) is 0 Å². The summed E-state index contributed by atoms with van der Waals surface area (Å²) in [6.45, 7) is 1.28. The second-order valence-electron chi connectivity index (χ2n) is 5.09. The van der Waals surface area contributed by atoms with E-state index in [9.17, 15) is 9.59 Å². The van der Waals surface area contributed by atoms with Gasteiger partial charge in [-0.15, -0.1) is 0 Å². The van der Waals surface area contributed by atoms with E-state index in [1.807, 2.05) is 0 Å². The summed E-state index contributed by atoms with van der Waals surface area (Å²) in [7, 11) is 0. The summed E-state index contributed by atoms with van der Waals surface area (Å²) < 4.78 is 10.6. The molecule has 5 heteroatoms. The number of Topliss-reactive ketones (excluding diaryl/α,β-unsaturated/α-hetero) is 1. The van der Waals surface area contributed by atoms with E-state index in [2.05, 4.69) is 0 Å². The third-order valence-corrected chi connectivity index (χ3v) is 3.36. The standard InChI is InChI=1S/C18H14O5/c1-11(20)22-14-6-7-15-16(9-14)23-17(18(15)21)8-12-2-4-13(10-19)5-3-12/h2-9,19H,10H2,1H3/b17-8-. The van der Waals surface area contributed by atoms with Crippen molar-refractivity contribution in [2.24, 2.45) is 0 Å². The Morgan fingerprint density at radius 1 is 1.22 bits per heavy atom. The summed E-state index contributed by atoms with van der Waals surface area (Å²) in [6.07, 6.45) is 1.63. The molecule has 0 saturated heterocycles. The molecule has 0 amide bonds. The molecule has 1 aliphatic heterocycles. The number of aliphatic hydroxyl groups is 1. The molecular formula is C18H14O5. The van der Waals surface area contributed by atoms with Gasteiger partial charge in [-0.05, 0) is 29.3 Å². The highest BCUT2D eigenvalue weighted by Gasteiger charge is 2.27. The maximum absolute atomic E-state index is 12.3. The molecule has 2 aromatic rings. The molecule has 5 nitrogen and oxygen atoms in total. The molecule has 0 spiro atoms. The zero-order valence-electron chi connectivity index (χ0n) is 12.4. The number of ether oxygens (including phenoxy) is 2. The number of benzene rings is 2. The van der Waals surface area contributed by atoms with Gasteiger partial charge in [0.1, 0.15) is 11.5 Å². The Hall–Kier alpha value is -2.92. The first-order valence-corrected chi connectivity index (χ1v) is 7.03. The van der Waals surface area contributed by atoms with Gasteiger partial charge in [0.05, 0.1) is 12.2 Å². The Labute approximate surface area is 132 Å². The summed E-state index contributed by atoms with van der Waals surface area (Å²) >= 11 is 0. The average molecular weight is 310 g/mol.